The van der Waals surface area contributed by atoms with Gasteiger partial charge < -0.3 is 9.80 Å². The number of benzene rings is 2. The van der Waals surface area contributed by atoms with E-state index in [0.29, 0.717) is 23.9 Å². The number of hydrogen-bond donors (Lipinski definition) is 0. The summed E-state index contributed by atoms with van der Waals surface area (Å²) in [5, 5.41) is 1.68. The van der Waals surface area contributed by atoms with E-state index in [1.54, 1.807) is 0 Å². The maximum atomic E-state index is 12.8. The third-order valence-electron chi connectivity index (χ3n) is 6.47. The number of rotatable bonds is 8. The van der Waals surface area contributed by atoms with E-state index >= 15 is 0 Å². The normalized spacial score (nSPS) is 16.0. The highest BCUT2D eigenvalue weighted by molar-refractivity contribution is 6.31. The Labute approximate surface area is 194 Å². The zero-order valence-corrected chi connectivity index (χ0v) is 19.1. The molecule has 2 aromatic carbocycles. The number of halogens is 1. The molecule has 2 fully saturated rings. The molecule has 1 aromatic heterocycles. The zero-order valence-electron chi connectivity index (χ0n) is 18.3. The Morgan fingerprint density at radius 3 is 2.56 bits per heavy atom. The summed E-state index contributed by atoms with van der Waals surface area (Å²) in [5.74, 6) is 2.53. The lowest BCUT2D eigenvalue weighted by molar-refractivity contribution is -0.129. The van der Waals surface area contributed by atoms with Crippen molar-refractivity contribution in [1.82, 2.24) is 14.9 Å². The molecule has 2 heterocycles. The van der Waals surface area contributed by atoms with Gasteiger partial charge in [-0.05, 0) is 55.9 Å². The van der Waals surface area contributed by atoms with Crippen LogP contribution in [0.3, 0.4) is 0 Å². The number of anilines is 1. The fourth-order valence-electron chi connectivity index (χ4n) is 4.46. The predicted molar refractivity (Wildman–Crippen MR) is 129 cm³/mol. The van der Waals surface area contributed by atoms with Crippen LogP contribution >= 0.6 is 11.6 Å². The summed E-state index contributed by atoms with van der Waals surface area (Å²) in [6.45, 7) is 3.24. The largest absolute Gasteiger partial charge is 0.355 e. The Morgan fingerprint density at radius 1 is 1.03 bits per heavy atom. The molecule has 166 valence electrons. The Bertz CT molecular complexity index is 1090. The summed E-state index contributed by atoms with van der Waals surface area (Å²) in [4.78, 5) is 26.9. The SMILES string of the molecule is O=C(CCN(CCc1ccccc1)c1nc(C2CC2)nc2cc(Cl)ccc12)N1CCCC1. The van der Waals surface area contributed by atoms with Crippen LogP contribution in [0.25, 0.3) is 10.9 Å². The van der Waals surface area contributed by atoms with E-state index in [1.807, 2.05) is 29.2 Å². The highest BCUT2D eigenvalue weighted by Gasteiger charge is 2.29. The van der Waals surface area contributed by atoms with Crippen molar-refractivity contribution in [3.05, 3.63) is 64.9 Å². The fourth-order valence-corrected chi connectivity index (χ4v) is 4.62. The molecule has 0 N–H and O–H groups in total. The van der Waals surface area contributed by atoms with Crippen molar-refractivity contribution in [2.75, 3.05) is 31.1 Å². The Morgan fingerprint density at radius 2 is 1.81 bits per heavy atom. The van der Waals surface area contributed by atoms with Gasteiger partial charge in [0.1, 0.15) is 11.6 Å². The Hall–Kier alpha value is -2.66. The number of carbonyl (C=O) groups is 1. The van der Waals surface area contributed by atoms with Crippen LogP contribution in [0.2, 0.25) is 5.02 Å². The van der Waals surface area contributed by atoms with Crippen LogP contribution in [0.1, 0.15) is 49.4 Å². The molecule has 2 aliphatic rings. The van der Waals surface area contributed by atoms with Gasteiger partial charge in [0.25, 0.3) is 0 Å². The predicted octanol–water partition coefficient (Wildman–Crippen LogP) is 5.22. The number of nitrogens with zero attached hydrogens (tertiary/aromatic N) is 4. The maximum Gasteiger partial charge on any atom is 0.224 e. The molecule has 0 spiro atoms. The van der Waals surface area contributed by atoms with Gasteiger partial charge in [0.15, 0.2) is 0 Å². The first kappa shape index (κ1) is 21.2. The van der Waals surface area contributed by atoms with Gasteiger partial charge in [0.2, 0.25) is 5.91 Å². The van der Waals surface area contributed by atoms with E-state index in [2.05, 4.69) is 29.2 Å². The maximum absolute atomic E-state index is 12.8. The summed E-state index contributed by atoms with van der Waals surface area (Å²) in [7, 11) is 0. The van der Waals surface area contributed by atoms with Crippen molar-refractivity contribution >= 4 is 34.2 Å². The van der Waals surface area contributed by atoms with E-state index < -0.39 is 0 Å². The van der Waals surface area contributed by atoms with Gasteiger partial charge in [-0.25, -0.2) is 9.97 Å². The van der Waals surface area contributed by atoms with Gasteiger partial charge in [0.05, 0.1) is 5.52 Å². The zero-order chi connectivity index (χ0) is 21.9. The molecular weight excluding hydrogens is 420 g/mol. The van der Waals surface area contributed by atoms with Gasteiger partial charge >= 0.3 is 0 Å². The van der Waals surface area contributed by atoms with E-state index in [-0.39, 0.29) is 5.91 Å². The highest BCUT2D eigenvalue weighted by Crippen LogP contribution is 2.40. The summed E-state index contributed by atoms with van der Waals surface area (Å²) in [6, 6.07) is 16.3. The molecule has 3 aromatic rings. The van der Waals surface area contributed by atoms with Crippen LogP contribution in [0.4, 0.5) is 5.82 Å². The highest BCUT2D eigenvalue weighted by atomic mass is 35.5. The third kappa shape index (κ3) is 4.88. The van der Waals surface area contributed by atoms with Crippen LogP contribution in [0, 0.1) is 0 Å². The topological polar surface area (TPSA) is 49.3 Å². The second-order valence-corrected chi connectivity index (χ2v) is 9.34. The minimum Gasteiger partial charge on any atom is -0.355 e. The lowest BCUT2D eigenvalue weighted by Crippen LogP contribution is -2.34. The minimum absolute atomic E-state index is 0.246. The molecule has 0 radical (unpaired) electrons. The molecule has 5 rings (SSSR count). The average molecular weight is 449 g/mol. The molecule has 6 heteroatoms. The fraction of sp³-hybridized carbons (Fsp3) is 0.423. The van der Waals surface area contributed by atoms with Crippen molar-refractivity contribution in [3.8, 4) is 0 Å². The van der Waals surface area contributed by atoms with E-state index in [4.69, 9.17) is 21.6 Å². The monoisotopic (exact) mass is 448 g/mol. The first-order valence-corrected chi connectivity index (χ1v) is 12.1. The Balaban J connectivity index is 1.45. The van der Waals surface area contributed by atoms with Crippen molar-refractivity contribution in [1.29, 1.82) is 0 Å². The summed E-state index contributed by atoms with van der Waals surface area (Å²) in [6.07, 6.45) is 5.92. The first-order valence-electron chi connectivity index (χ1n) is 11.7. The smallest absolute Gasteiger partial charge is 0.224 e. The van der Waals surface area contributed by atoms with E-state index in [9.17, 15) is 4.79 Å². The lowest BCUT2D eigenvalue weighted by atomic mass is 10.1. The number of carbonyl (C=O) groups excluding carboxylic acids is 1. The van der Waals surface area contributed by atoms with Crippen molar-refractivity contribution in [2.45, 2.75) is 44.4 Å². The summed E-state index contributed by atoms with van der Waals surface area (Å²) in [5.41, 5.74) is 2.17. The molecular formula is C26H29ClN4O. The van der Waals surface area contributed by atoms with Gasteiger partial charge in [-0.2, -0.15) is 0 Å². The van der Waals surface area contributed by atoms with Crippen LogP contribution in [-0.2, 0) is 11.2 Å². The van der Waals surface area contributed by atoms with Gasteiger partial charge in [-0.15, -0.1) is 0 Å². The average Bonchev–Trinajstić information content (AvgIpc) is 3.52. The lowest BCUT2D eigenvalue weighted by Gasteiger charge is -2.26. The quantitative estimate of drug-likeness (QED) is 0.474. The van der Waals surface area contributed by atoms with Gasteiger partial charge in [-0.3, -0.25) is 4.79 Å². The summed E-state index contributed by atoms with van der Waals surface area (Å²) < 4.78 is 0. The van der Waals surface area contributed by atoms with Crippen molar-refractivity contribution in [2.24, 2.45) is 0 Å². The van der Waals surface area contributed by atoms with Crippen LogP contribution in [0.5, 0.6) is 0 Å². The molecule has 1 saturated carbocycles. The van der Waals surface area contributed by atoms with Crippen molar-refractivity contribution < 1.29 is 4.79 Å². The van der Waals surface area contributed by atoms with Crippen molar-refractivity contribution in [3.63, 3.8) is 0 Å². The number of amides is 1. The molecule has 1 aliphatic heterocycles. The molecule has 0 bridgehead atoms. The molecule has 1 amide bonds. The molecule has 0 atom stereocenters. The second-order valence-electron chi connectivity index (χ2n) is 8.90. The van der Waals surface area contributed by atoms with E-state index in [0.717, 1.165) is 74.3 Å². The minimum atomic E-state index is 0.246. The van der Waals surface area contributed by atoms with Gasteiger partial charge in [0, 0.05) is 48.9 Å². The Kier molecular flexibility index (Phi) is 6.26. The standard InChI is InChI=1S/C26H29ClN4O/c27-21-10-11-22-23(18-21)28-25(20-8-9-20)29-26(22)31(16-12-19-6-2-1-3-7-19)17-13-24(32)30-14-4-5-15-30/h1-3,6-7,10-11,18,20H,4-5,8-9,12-17H2. The molecule has 1 saturated heterocycles. The van der Waals surface area contributed by atoms with Crippen LogP contribution < -0.4 is 4.90 Å². The molecule has 1 aliphatic carbocycles. The molecule has 32 heavy (non-hydrogen) atoms. The third-order valence-corrected chi connectivity index (χ3v) is 6.70. The number of hydrogen-bond acceptors (Lipinski definition) is 4. The van der Waals surface area contributed by atoms with Crippen LogP contribution in [0.15, 0.2) is 48.5 Å². The number of aromatic nitrogens is 2. The van der Waals surface area contributed by atoms with E-state index in [1.165, 1.54) is 5.56 Å². The number of likely N-dealkylation sites (tertiary alicyclic amines) is 1. The molecule has 0 unspecified atom stereocenters. The second kappa shape index (κ2) is 9.45. The molecule has 5 nitrogen and oxygen atoms in total. The summed E-state index contributed by atoms with van der Waals surface area (Å²) >= 11 is 6.29. The first-order chi connectivity index (χ1) is 15.7. The van der Waals surface area contributed by atoms with Crippen LogP contribution in [-0.4, -0.2) is 47.0 Å². The number of fused-ring (bicyclic) bond motifs is 1. The van der Waals surface area contributed by atoms with Gasteiger partial charge in [-0.1, -0.05) is 41.9 Å².